The summed E-state index contributed by atoms with van der Waals surface area (Å²) in [5.41, 5.74) is 0.310. The van der Waals surface area contributed by atoms with Crippen molar-refractivity contribution in [2.24, 2.45) is 14.1 Å². The molecule has 0 bridgehead atoms. The van der Waals surface area contributed by atoms with Crippen LogP contribution >= 0.6 is 0 Å². The van der Waals surface area contributed by atoms with Crippen LogP contribution in [-0.2, 0) is 14.1 Å². The highest BCUT2D eigenvalue weighted by atomic mass is 16.4. The molecule has 4 nitrogen and oxygen atoms in total. The Bertz CT molecular complexity index is 302. The van der Waals surface area contributed by atoms with Gasteiger partial charge in [0, 0.05) is 6.92 Å². The van der Waals surface area contributed by atoms with Crippen LogP contribution in [-0.4, -0.2) is 15.6 Å². The Morgan fingerprint density at radius 3 is 2.45 bits per heavy atom. The van der Waals surface area contributed by atoms with Gasteiger partial charge >= 0.3 is 5.97 Å². The molecule has 1 aromatic rings. The lowest BCUT2D eigenvalue weighted by atomic mass is 10.5. The van der Waals surface area contributed by atoms with Gasteiger partial charge in [-0.25, -0.2) is 13.9 Å². The molecule has 0 aliphatic rings. The molecule has 0 spiro atoms. The van der Waals surface area contributed by atoms with Crippen molar-refractivity contribution in [3.05, 3.63) is 17.7 Å². The van der Waals surface area contributed by atoms with E-state index in [9.17, 15) is 4.79 Å². The molecule has 0 fully saturated rings. The second kappa shape index (κ2) is 2.38. The molecule has 0 radical (unpaired) electrons. The first-order valence-corrected chi connectivity index (χ1v) is 3.29. The number of hydrogen-bond acceptors (Lipinski definition) is 1. The van der Waals surface area contributed by atoms with Crippen LogP contribution in [0, 0.1) is 6.92 Å². The van der Waals surface area contributed by atoms with E-state index < -0.39 is 5.97 Å². The van der Waals surface area contributed by atoms with Gasteiger partial charge in [0.25, 0.3) is 11.5 Å². The summed E-state index contributed by atoms with van der Waals surface area (Å²) < 4.78 is 3.42. The summed E-state index contributed by atoms with van der Waals surface area (Å²) in [5, 5.41) is 8.67. The first kappa shape index (κ1) is 7.78. The maximum absolute atomic E-state index is 10.6. The van der Waals surface area contributed by atoms with E-state index in [1.807, 2.05) is 14.0 Å². The Balaban J connectivity index is 3.29. The molecule has 0 saturated carbocycles. The fourth-order valence-corrected chi connectivity index (χ4v) is 0.973. The Kier molecular flexibility index (Phi) is 1.68. The number of hydrogen-bond donors (Lipinski definition) is 1. The molecule has 0 aromatic carbocycles. The van der Waals surface area contributed by atoms with E-state index in [1.165, 1.54) is 0 Å². The van der Waals surface area contributed by atoms with Gasteiger partial charge in [-0.3, -0.25) is 0 Å². The van der Waals surface area contributed by atoms with Crippen LogP contribution in [0.1, 0.15) is 16.3 Å². The van der Waals surface area contributed by atoms with E-state index in [-0.39, 0.29) is 0 Å². The summed E-state index contributed by atoms with van der Waals surface area (Å²) >= 11 is 0. The van der Waals surface area contributed by atoms with Gasteiger partial charge in [0.2, 0.25) is 0 Å². The third kappa shape index (κ3) is 1.11. The minimum Gasteiger partial charge on any atom is -0.475 e. The molecule has 11 heavy (non-hydrogen) atoms. The van der Waals surface area contributed by atoms with Crippen LogP contribution < -0.4 is 4.57 Å². The van der Waals surface area contributed by atoms with Crippen LogP contribution in [0.2, 0.25) is 0 Å². The number of carboxylic acid groups (broad SMARTS) is 1. The lowest BCUT2D eigenvalue weighted by molar-refractivity contribution is -0.679. The zero-order valence-corrected chi connectivity index (χ0v) is 6.83. The normalized spacial score (nSPS) is 10.1. The van der Waals surface area contributed by atoms with Crippen LogP contribution in [0.25, 0.3) is 0 Å². The highest BCUT2D eigenvalue weighted by Gasteiger charge is 2.19. The Morgan fingerprint density at radius 2 is 2.27 bits per heavy atom. The Labute approximate surface area is 64.7 Å². The van der Waals surface area contributed by atoms with Crippen molar-refractivity contribution in [3.63, 3.8) is 0 Å². The van der Waals surface area contributed by atoms with Crippen LogP contribution in [0.15, 0.2) is 6.20 Å². The number of carbonyl (C=O) groups is 1. The lowest BCUT2D eigenvalue weighted by Crippen LogP contribution is -2.36. The average molecular weight is 155 g/mol. The average Bonchev–Trinajstić information content (AvgIpc) is 2.17. The molecule has 1 rings (SSSR count). The van der Waals surface area contributed by atoms with E-state index in [1.54, 1.807) is 22.4 Å². The number of nitrogens with zero attached hydrogens (tertiary/aromatic N) is 2. The minimum absolute atomic E-state index is 0.310. The zero-order chi connectivity index (χ0) is 8.59. The molecule has 0 saturated heterocycles. The topological polar surface area (TPSA) is 46.1 Å². The molecule has 0 amide bonds. The van der Waals surface area contributed by atoms with Crippen molar-refractivity contribution in [1.82, 2.24) is 4.57 Å². The number of imidazole rings is 1. The summed E-state index contributed by atoms with van der Waals surface area (Å²) in [7, 11) is 3.56. The minimum atomic E-state index is -0.892. The number of carboxylic acids is 1. The highest BCUT2D eigenvalue weighted by molar-refractivity contribution is 5.83. The first-order valence-electron chi connectivity index (χ1n) is 3.29. The van der Waals surface area contributed by atoms with E-state index >= 15 is 0 Å². The molecule has 0 unspecified atom stereocenters. The molecular formula is C7H11N2O2+. The van der Waals surface area contributed by atoms with Gasteiger partial charge in [0.05, 0.1) is 14.1 Å². The first-order chi connectivity index (χ1) is 5.04. The predicted molar refractivity (Wildman–Crippen MR) is 38.3 cm³/mol. The molecule has 1 aromatic heterocycles. The van der Waals surface area contributed by atoms with Gasteiger partial charge in [-0.2, -0.15) is 0 Å². The number of aromatic carboxylic acids is 1. The van der Waals surface area contributed by atoms with Crippen molar-refractivity contribution in [3.8, 4) is 0 Å². The van der Waals surface area contributed by atoms with Gasteiger partial charge in [0.1, 0.15) is 6.20 Å². The van der Waals surface area contributed by atoms with Gasteiger partial charge in [-0.15, -0.1) is 0 Å². The standard InChI is InChI=1S/C7H10N2O2/c1-5-8(2)4-6(7(10)11)9(5)3/h4H,1-3H3/p+1. The van der Waals surface area contributed by atoms with Crippen LogP contribution in [0.4, 0.5) is 0 Å². The molecule has 1 heterocycles. The van der Waals surface area contributed by atoms with Crippen LogP contribution in [0.3, 0.4) is 0 Å². The second-order valence-electron chi connectivity index (χ2n) is 2.54. The summed E-state index contributed by atoms with van der Waals surface area (Å²) in [6.45, 7) is 1.87. The number of rotatable bonds is 1. The number of aromatic nitrogens is 2. The molecule has 0 aliphatic carbocycles. The highest BCUT2D eigenvalue weighted by Crippen LogP contribution is 1.95. The summed E-state index contributed by atoms with van der Waals surface area (Å²) in [6.07, 6.45) is 1.59. The van der Waals surface area contributed by atoms with Gasteiger partial charge < -0.3 is 5.11 Å². The van der Waals surface area contributed by atoms with E-state index in [0.29, 0.717) is 5.69 Å². The number of aryl methyl sites for hydroxylation is 1. The van der Waals surface area contributed by atoms with E-state index in [4.69, 9.17) is 5.11 Å². The quantitative estimate of drug-likeness (QED) is 0.573. The molecule has 0 aliphatic heterocycles. The monoisotopic (exact) mass is 155 g/mol. The lowest BCUT2D eigenvalue weighted by Gasteiger charge is -1.88. The molecule has 1 N–H and O–H groups in total. The summed E-state index contributed by atoms with van der Waals surface area (Å²) in [4.78, 5) is 10.6. The van der Waals surface area contributed by atoms with Crippen molar-refractivity contribution in [2.75, 3.05) is 0 Å². The van der Waals surface area contributed by atoms with Crippen molar-refractivity contribution in [1.29, 1.82) is 0 Å². The van der Waals surface area contributed by atoms with E-state index in [0.717, 1.165) is 5.82 Å². The fourth-order valence-electron chi connectivity index (χ4n) is 0.973. The second-order valence-corrected chi connectivity index (χ2v) is 2.54. The predicted octanol–water partition coefficient (Wildman–Crippen LogP) is -0.144. The van der Waals surface area contributed by atoms with Crippen molar-refractivity contribution >= 4 is 5.97 Å². The molecular weight excluding hydrogens is 144 g/mol. The SMILES string of the molecule is Cc1n(C)cc(C(=O)O)[n+]1C. The zero-order valence-electron chi connectivity index (χ0n) is 6.83. The third-order valence-electron chi connectivity index (χ3n) is 1.89. The largest absolute Gasteiger partial charge is 0.475 e. The Morgan fingerprint density at radius 1 is 1.73 bits per heavy atom. The van der Waals surface area contributed by atoms with Crippen molar-refractivity contribution in [2.45, 2.75) is 6.92 Å². The molecule has 4 heteroatoms. The van der Waals surface area contributed by atoms with Gasteiger partial charge in [-0.1, -0.05) is 0 Å². The Hall–Kier alpha value is -1.32. The third-order valence-corrected chi connectivity index (χ3v) is 1.89. The molecule has 60 valence electrons. The van der Waals surface area contributed by atoms with Gasteiger partial charge in [0.15, 0.2) is 0 Å². The molecule has 0 atom stereocenters. The summed E-state index contributed by atoms with van der Waals surface area (Å²) in [6, 6.07) is 0. The smallest absolute Gasteiger partial charge is 0.379 e. The maximum Gasteiger partial charge on any atom is 0.379 e. The fraction of sp³-hybridized carbons (Fsp3) is 0.429. The van der Waals surface area contributed by atoms with Gasteiger partial charge in [-0.05, 0) is 0 Å². The van der Waals surface area contributed by atoms with Crippen LogP contribution in [0.5, 0.6) is 0 Å². The van der Waals surface area contributed by atoms with Crippen molar-refractivity contribution < 1.29 is 14.5 Å². The maximum atomic E-state index is 10.6. The summed E-state index contributed by atoms with van der Waals surface area (Å²) in [5.74, 6) is 0.0265. The van der Waals surface area contributed by atoms with E-state index in [2.05, 4.69) is 0 Å².